The molecule has 2 aromatic carbocycles. The zero-order valence-electron chi connectivity index (χ0n) is 15.3. The highest BCUT2D eigenvalue weighted by molar-refractivity contribution is 5.90. The van der Waals surface area contributed by atoms with E-state index in [2.05, 4.69) is 53.5 Å². The molecule has 134 valence electrons. The first-order valence-corrected chi connectivity index (χ1v) is 9.46. The smallest absolute Gasteiger partial charge is 0.228 e. The van der Waals surface area contributed by atoms with Gasteiger partial charge in [0.25, 0.3) is 0 Å². The highest BCUT2D eigenvalue weighted by atomic mass is 15.3. The van der Waals surface area contributed by atoms with Crippen LogP contribution >= 0.6 is 0 Å². The van der Waals surface area contributed by atoms with Crippen LogP contribution in [-0.2, 0) is 6.54 Å². The molecule has 1 saturated heterocycles. The molecule has 0 amide bonds. The van der Waals surface area contributed by atoms with Gasteiger partial charge in [0.05, 0.1) is 38.2 Å². The number of quaternary nitrogens is 1. The molecule has 5 heteroatoms. The Morgan fingerprint density at radius 1 is 0.962 bits per heavy atom. The molecular weight excluding hydrogens is 322 g/mol. The minimum atomic E-state index is 0.759. The van der Waals surface area contributed by atoms with E-state index in [0.29, 0.717) is 0 Å². The lowest BCUT2D eigenvalue weighted by Crippen LogP contribution is -3.14. The largest absolute Gasteiger partial charge is 0.365 e. The van der Waals surface area contributed by atoms with Crippen molar-refractivity contribution in [2.45, 2.75) is 13.5 Å². The number of hydrogen-bond acceptors (Lipinski definition) is 4. The maximum absolute atomic E-state index is 4.88. The maximum atomic E-state index is 4.88. The second kappa shape index (κ2) is 7.70. The van der Waals surface area contributed by atoms with Gasteiger partial charge in [0.1, 0.15) is 5.82 Å². The molecule has 26 heavy (non-hydrogen) atoms. The van der Waals surface area contributed by atoms with Gasteiger partial charge in [0.15, 0.2) is 0 Å². The van der Waals surface area contributed by atoms with Crippen molar-refractivity contribution < 1.29 is 4.90 Å². The second-order valence-corrected chi connectivity index (χ2v) is 6.82. The molecule has 0 unspecified atom stereocenters. The molecule has 1 aromatic heterocycles. The predicted octanol–water partition coefficient (Wildman–Crippen LogP) is 1.97. The maximum Gasteiger partial charge on any atom is 0.228 e. The van der Waals surface area contributed by atoms with Crippen LogP contribution in [0.2, 0.25) is 0 Å². The number of likely N-dealkylation sites (N-methyl/N-ethyl adjacent to an activating group) is 1. The molecule has 0 bridgehead atoms. The zero-order chi connectivity index (χ0) is 17.8. The van der Waals surface area contributed by atoms with Crippen molar-refractivity contribution in [1.82, 2.24) is 9.97 Å². The van der Waals surface area contributed by atoms with Crippen molar-refractivity contribution in [3.63, 3.8) is 0 Å². The number of fused-ring (bicyclic) bond motifs is 1. The van der Waals surface area contributed by atoms with Gasteiger partial charge < -0.3 is 15.1 Å². The summed E-state index contributed by atoms with van der Waals surface area (Å²) >= 11 is 0. The van der Waals surface area contributed by atoms with Crippen molar-refractivity contribution >= 4 is 22.7 Å². The molecule has 1 aliphatic heterocycles. The molecular formula is C21H26N5+. The second-order valence-electron chi connectivity index (χ2n) is 6.82. The Balaban J connectivity index is 1.61. The van der Waals surface area contributed by atoms with Gasteiger partial charge in [0.2, 0.25) is 5.95 Å². The van der Waals surface area contributed by atoms with E-state index in [9.17, 15) is 0 Å². The highest BCUT2D eigenvalue weighted by Crippen LogP contribution is 2.24. The van der Waals surface area contributed by atoms with Crippen LogP contribution in [0.15, 0.2) is 54.6 Å². The fourth-order valence-electron chi connectivity index (χ4n) is 3.50. The van der Waals surface area contributed by atoms with E-state index in [-0.39, 0.29) is 0 Å². The summed E-state index contributed by atoms with van der Waals surface area (Å²) in [6.45, 7) is 8.53. The first-order valence-electron chi connectivity index (χ1n) is 9.46. The Morgan fingerprint density at radius 2 is 1.69 bits per heavy atom. The average molecular weight is 348 g/mol. The molecule has 0 aliphatic carbocycles. The van der Waals surface area contributed by atoms with Crippen molar-refractivity contribution in [2.75, 3.05) is 42.9 Å². The molecule has 0 radical (unpaired) electrons. The van der Waals surface area contributed by atoms with Gasteiger partial charge in [-0.25, -0.2) is 4.98 Å². The molecule has 5 nitrogen and oxygen atoms in total. The van der Waals surface area contributed by atoms with Crippen LogP contribution in [0.3, 0.4) is 0 Å². The lowest BCUT2D eigenvalue weighted by Gasteiger charge is -2.31. The normalized spacial score (nSPS) is 15.3. The van der Waals surface area contributed by atoms with Crippen LogP contribution in [0.5, 0.6) is 0 Å². The molecule has 2 N–H and O–H groups in total. The van der Waals surface area contributed by atoms with Gasteiger partial charge in [-0.05, 0) is 24.6 Å². The summed E-state index contributed by atoms with van der Waals surface area (Å²) in [5, 5.41) is 4.59. The highest BCUT2D eigenvalue weighted by Gasteiger charge is 2.21. The average Bonchev–Trinajstić information content (AvgIpc) is 2.72. The van der Waals surface area contributed by atoms with Crippen LogP contribution in [0.4, 0.5) is 11.8 Å². The Kier molecular flexibility index (Phi) is 4.97. The van der Waals surface area contributed by atoms with Gasteiger partial charge in [-0.3, -0.25) is 0 Å². The summed E-state index contributed by atoms with van der Waals surface area (Å²) in [6.07, 6.45) is 0. The third kappa shape index (κ3) is 3.63. The van der Waals surface area contributed by atoms with Crippen LogP contribution in [0.25, 0.3) is 10.9 Å². The number of nitrogens with zero attached hydrogens (tertiary/aromatic N) is 3. The molecule has 3 aromatic rings. The topological polar surface area (TPSA) is 45.5 Å². The Hall–Kier alpha value is -2.66. The van der Waals surface area contributed by atoms with Crippen molar-refractivity contribution in [1.29, 1.82) is 0 Å². The summed E-state index contributed by atoms with van der Waals surface area (Å²) in [5.74, 6) is 1.76. The molecule has 0 saturated carbocycles. The monoisotopic (exact) mass is 348 g/mol. The summed E-state index contributed by atoms with van der Waals surface area (Å²) in [6, 6.07) is 18.7. The third-order valence-corrected chi connectivity index (χ3v) is 5.15. The van der Waals surface area contributed by atoms with Crippen LogP contribution in [0.1, 0.15) is 12.5 Å². The van der Waals surface area contributed by atoms with Gasteiger partial charge >= 0.3 is 0 Å². The molecule has 1 fully saturated rings. The van der Waals surface area contributed by atoms with E-state index in [4.69, 9.17) is 9.97 Å². The minimum absolute atomic E-state index is 0.759. The number of rotatable bonds is 5. The fraction of sp³-hybridized carbons (Fsp3) is 0.333. The first kappa shape index (κ1) is 16.8. The van der Waals surface area contributed by atoms with Crippen molar-refractivity contribution in [3.05, 3.63) is 60.2 Å². The quantitative estimate of drug-likeness (QED) is 0.740. The van der Waals surface area contributed by atoms with E-state index < -0.39 is 0 Å². The number of anilines is 2. The number of hydrogen-bond donors (Lipinski definition) is 2. The number of para-hydroxylation sites is 1. The molecule has 1 aliphatic rings. The third-order valence-electron chi connectivity index (χ3n) is 5.15. The van der Waals surface area contributed by atoms with E-state index >= 15 is 0 Å². The van der Waals surface area contributed by atoms with Gasteiger partial charge in [-0.1, -0.05) is 42.5 Å². The SMILES string of the molecule is CC[NH+]1CCN(c2nc(NCc3ccccc3)c3ccccc3n2)CC1. The minimum Gasteiger partial charge on any atom is -0.365 e. The summed E-state index contributed by atoms with van der Waals surface area (Å²) in [7, 11) is 0. The molecule has 2 heterocycles. The zero-order valence-corrected chi connectivity index (χ0v) is 15.3. The van der Waals surface area contributed by atoms with Crippen LogP contribution in [-0.4, -0.2) is 42.7 Å². The van der Waals surface area contributed by atoms with Crippen molar-refractivity contribution in [2.24, 2.45) is 0 Å². The molecule has 0 spiro atoms. The lowest BCUT2D eigenvalue weighted by molar-refractivity contribution is -0.898. The summed E-state index contributed by atoms with van der Waals surface area (Å²) in [4.78, 5) is 13.7. The Labute approximate surface area is 154 Å². The van der Waals surface area contributed by atoms with E-state index in [1.807, 2.05) is 18.2 Å². The van der Waals surface area contributed by atoms with Crippen LogP contribution in [0, 0.1) is 0 Å². The first-order chi connectivity index (χ1) is 12.8. The van der Waals surface area contributed by atoms with Gasteiger partial charge in [-0.15, -0.1) is 0 Å². The van der Waals surface area contributed by atoms with E-state index in [1.165, 1.54) is 12.1 Å². The number of aromatic nitrogens is 2. The number of benzene rings is 2. The lowest BCUT2D eigenvalue weighted by atomic mass is 10.2. The number of nitrogens with one attached hydrogen (secondary N) is 2. The summed E-state index contributed by atoms with van der Waals surface area (Å²) in [5.41, 5.74) is 2.25. The van der Waals surface area contributed by atoms with Crippen LogP contribution < -0.4 is 15.1 Å². The van der Waals surface area contributed by atoms with Gasteiger partial charge in [-0.2, -0.15) is 4.98 Å². The molecule has 0 atom stereocenters. The van der Waals surface area contributed by atoms with Crippen molar-refractivity contribution in [3.8, 4) is 0 Å². The fourth-order valence-corrected chi connectivity index (χ4v) is 3.50. The Morgan fingerprint density at radius 3 is 2.46 bits per heavy atom. The van der Waals surface area contributed by atoms with E-state index in [1.54, 1.807) is 4.90 Å². The summed E-state index contributed by atoms with van der Waals surface area (Å²) < 4.78 is 0. The van der Waals surface area contributed by atoms with E-state index in [0.717, 1.165) is 55.4 Å². The number of piperazine rings is 1. The van der Waals surface area contributed by atoms with Gasteiger partial charge in [0, 0.05) is 11.9 Å². The molecule has 4 rings (SSSR count). The Bertz CT molecular complexity index is 857. The standard InChI is InChI=1S/C21H25N5/c1-2-25-12-14-26(15-13-25)21-23-19-11-7-6-10-18(19)20(24-21)22-16-17-8-4-3-5-9-17/h3-11H,2,12-16H2,1H3,(H,22,23,24)/p+1. The predicted molar refractivity (Wildman–Crippen MR) is 107 cm³/mol.